The van der Waals surface area contributed by atoms with Crippen molar-refractivity contribution in [3.63, 3.8) is 0 Å². The van der Waals surface area contributed by atoms with E-state index in [1.54, 1.807) is 18.3 Å². The van der Waals surface area contributed by atoms with Gasteiger partial charge in [-0.25, -0.2) is 18.1 Å². The topological polar surface area (TPSA) is 63.5 Å². The van der Waals surface area contributed by atoms with E-state index < -0.39 is 10.0 Å². The maximum atomic E-state index is 12.1. The molecule has 0 aliphatic rings. The fourth-order valence-corrected chi connectivity index (χ4v) is 3.06. The smallest absolute Gasteiger partial charge is 0.240 e. The van der Waals surface area contributed by atoms with E-state index in [0.29, 0.717) is 10.7 Å². The third-order valence-corrected chi connectivity index (χ3v) is 4.65. The van der Waals surface area contributed by atoms with E-state index >= 15 is 0 Å². The Kier molecular flexibility index (Phi) is 3.67. The van der Waals surface area contributed by atoms with Gasteiger partial charge in [0.25, 0.3) is 0 Å². The van der Waals surface area contributed by atoms with Crippen LogP contribution in [0, 0.1) is 0 Å². The summed E-state index contributed by atoms with van der Waals surface area (Å²) in [6, 6.07) is 11.6. The lowest BCUT2D eigenvalue weighted by Gasteiger charge is -2.05. The van der Waals surface area contributed by atoms with Crippen molar-refractivity contribution in [2.45, 2.75) is 11.4 Å². The van der Waals surface area contributed by atoms with Crippen molar-refractivity contribution >= 4 is 27.3 Å². The van der Waals surface area contributed by atoms with Crippen LogP contribution in [0.15, 0.2) is 59.8 Å². The van der Waals surface area contributed by atoms with Crippen LogP contribution < -0.4 is 4.72 Å². The van der Waals surface area contributed by atoms with E-state index in [0.717, 1.165) is 5.65 Å². The number of halogens is 1. The van der Waals surface area contributed by atoms with Crippen molar-refractivity contribution < 1.29 is 8.42 Å². The number of sulfonamides is 1. The van der Waals surface area contributed by atoms with Crippen LogP contribution in [-0.2, 0) is 16.6 Å². The van der Waals surface area contributed by atoms with E-state index in [-0.39, 0.29) is 11.4 Å². The molecule has 7 heteroatoms. The van der Waals surface area contributed by atoms with Crippen LogP contribution >= 0.6 is 11.6 Å². The van der Waals surface area contributed by atoms with Gasteiger partial charge in [0.15, 0.2) is 0 Å². The van der Waals surface area contributed by atoms with Crippen LogP contribution in [-0.4, -0.2) is 17.8 Å². The third-order valence-electron chi connectivity index (χ3n) is 2.98. The molecule has 0 bridgehead atoms. The van der Waals surface area contributed by atoms with E-state index in [1.165, 1.54) is 12.1 Å². The molecule has 0 radical (unpaired) electrons. The Bertz CT molecular complexity index is 840. The van der Waals surface area contributed by atoms with Gasteiger partial charge in [-0.1, -0.05) is 17.7 Å². The molecule has 0 saturated carbocycles. The number of hydrogen-bond donors (Lipinski definition) is 1. The standard InChI is InChI=1S/C14H12ClN3O2S/c15-11-4-6-13(7-5-11)21(19,20)16-9-12-10-18-8-2-1-3-14(18)17-12/h1-8,10,16H,9H2. The zero-order valence-electron chi connectivity index (χ0n) is 10.9. The van der Waals surface area contributed by atoms with Gasteiger partial charge < -0.3 is 4.40 Å². The molecule has 0 amide bonds. The predicted octanol–water partition coefficient (Wildman–Crippen LogP) is 2.47. The normalized spacial score (nSPS) is 11.9. The minimum absolute atomic E-state index is 0.132. The molecule has 3 rings (SSSR count). The number of hydrogen-bond acceptors (Lipinski definition) is 3. The van der Waals surface area contributed by atoms with Crippen molar-refractivity contribution in [1.82, 2.24) is 14.1 Å². The van der Waals surface area contributed by atoms with Gasteiger partial charge in [0.05, 0.1) is 17.1 Å². The first-order valence-corrected chi connectivity index (χ1v) is 8.08. The van der Waals surface area contributed by atoms with Crippen molar-refractivity contribution in [3.05, 3.63) is 65.6 Å². The molecule has 0 aliphatic heterocycles. The van der Waals surface area contributed by atoms with Gasteiger partial charge in [-0.3, -0.25) is 0 Å². The summed E-state index contributed by atoms with van der Waals surface area (Å²) in [4.78, 5) is 4.52. The second-order valence-electron chi connectivity index (χ2n) is 4.48. The minimum atomic E-state index is -3.57. The number of nitrogens with zero attached hydrogens (tertiary/aromatic N) is 2. The minimum Gasteiger partial charge on any atom is -0.307 e. The highest BCUT2D eigenvalue weighted by Gasteiger charge is 2.14. The quantitative estimate of drug-likeness (QED) is 0.803. The molecule has 21 heavy (non-hydrogen) atoms. The van der Waals surface area contributed by atoms with Gasteiger partial charge >= 0.3 is 0 Å². The highest BCUT2D eigenvalue weighted by Crippen LogP contribution is 2.14. The van der Waals surface area contributed by atoms with Crippen LogP contribution in [0.2, 0.25) is 5.02 Å². The van der Waals surface area contributed by atoms with Crippen LogP contribution in [0.5, 0.6) is 0 Å². The number of nitrogens with one attached hydrogen (secondary N) is 1. The Labute approximate surface area is 127 Å². The predicted molar refractivity (Wildman–Crippen MR) is 80.7 cm³/mol. The molecule has 0 saturated heterocycles. The second-order valence-corrected chi connectivity index (χ2v) is 6.68. The SMILES string of the molecule is O=S(=O)(NCc1cn2ccccc2n1)c1ccc(Cl)cc1. The third kappa shape index (κ3) is 3.07. The van der Waals surface area contributed by atoms with E-state index in [2.05, 4.69) is 9.71 Å². The lowest BCUT2D eigenvalue weighted by Crippen LogP contribution is -2.23. The molecular formula is C14H12ClN3O2S. The molecule has 5 nitrogen and oxygen atoms in total. The summed E-state index contributed by atoms with van der Waals surface area (Å²) < 4.78 is 28.7. The first kappa shape index (κ1) is 14.1. The number of pyridine rings is 1. The van der Waals surface area contributed by atoms with Crippen LogP contribution in [0.3, 0.4) is 0 Å². The molecule has 2 heterocycles. The molecular weight excluding hydrogens is 310 g/mol. The lowest BCUT2D eigenvalue weighted by molar-refractivity contribution is 0.580. The summed E-state index contributed by atoms with van der Waals surface area (Å²) in [5.74, 6) is 0. The Balaban J connectivity index is 1.78. The fraction of sp³-hybridized carbons (Fsp3) is 0.0714. The first-order valence-electron chi connectivity index (χ1n) is 6.22. The fourth-order valence-electron chi connectivity index (χ4n) is 1.94. The molecule has 3 aromatic rings. The van der Waals surface area contributed by atoms with Gasteiger partial charge in [0, 0.05) is 17.4 Å². The Morgan fingerprint density at radius 2 is 1.90 bits per heavy atom. The van der Waals surface area contributed by atoms with Crippen LogP contribution in [0.4, 0.5) is 0 Å². The van der Waals surface area contributed by atoms with E-state index in [1.807, 2.05) is 28.8 Å². The van der Waals surface area contributed by atoms with E-state index in [9.17, 15) is 8.42 Å². The molecule has 1 aromatic carbocycles. The zero-order chi connectivity index (χ0) is 14.9. The number of imidazole rings is 1. The maximum absolute atomic E-state index is 12.1. The van der Waals surface area contributed by atoms with Gasteiger partial charge in [-0.2, -0.15) is 0 Å². The van der Waals surface area contributed by atoms with Gasteiger partial charge in [0.2, 0.25) is 10.0 Å². The van der Waals surface area contributed by atoms with Crippen molar-refractivity contribution in [1.29, 1.82) is 0 Å². The van der Waals surface area contributed by atoms with Gasteiger partial charge in [-0.05, 0) is 36.4 Å². The number of fused-ring (bicyclic) bond motifs is 1. The first-order chi connectivity index (χ1) is 10.0. The van der Waals surface area contributed by atoms with Crippen molar-refractivity contribution in [2.24, 2.45) is 0 Å². The Hall–Kier alpha value is -1.89. The van der Waals surface area contributed by atoms with Gasteiger partial charge in [-0.15, -0.1) is 0 Å². The summed E-state index contributed by atoms with van der Waals surface area (Å²) in [6.07, 6.45) is 3.65. The second kappa shape index (κ2) is 5.48. The molecule has 0 unspecified atom stereocenters. The zero-order valence-corrected chi connectivity index (χ0v) is 12.5. The average Bonchev–Trinajstić information content (AvgIpc) is 2.89. The molecule has 0 atom stereocenters. The lowest BCUT2D eigenvalue weighted by atomic mass is 10.4. The Morgan fingerprint density at radius 1 is 1.14 bits per heavy atom. The molecule has 0 fully saturated rings. The van der Waals surface area contributed by atoms with Gasteiger partial charge in [0.1, 0.15) is 5.65 Å². The summed E-state index contributed by atoms with van der Waals surface area (Å²) in [7, 11) is -3.57. The van der Waals surface area contributed by atoms with Crippen molar-refractivity contribution in [3.8, 4) is 0 Å². The summed E-state index contributed by atoms with van der Waals surface area (Å²) in [6.45, 7) is 0.132. The monoisotopic (exact) mass is 321 g/mol. The molecule has 0 spiro atoms. The van der Waals surface area contributed by atoms with Crippen molar-refractivity contribution in [2.75, 3.05) is 0 Å². The van der Waals surface area contributed by atoms with Crippen LogP contribution in [0.1, 0.15) is 5.69 Å². The average molecular weight is 322 g/mol. The summed E-state index contributed by atoms with van der Waals surface area (Å²) in [5.41, 5.74) is 1.43. The number of benzene rings is 1. The summed E-state index contributed by atoms with van der Waals surface area (Å²) >= 11 is 5.75. The molecule has 0 aliphatic carbocycles. The maximum Gasteiger partial charge on any atom is 0.240 e. The summed E-state index contributed by atoms with van der Waals surface area (Å²) in [5, 5.41) is 0.495. The Morgan fingerprint density at radius 3 is 2.62 bits per heavy atom. The highest BCUT2D eigenvalue weighted by molar-refractivity contribution is 7.89. The largest absolute Gasteiger partial charge is 0.307 e. The number of aromatic nitrogens is 2. The molecule has 2 aromatic heterocycles. The highest BCUT2D eigenvalue weighted by atomic mass is 35.5. The van der Waals surface area contributed by atoms with E-state index in [4.69, 9.17) is 11.6 Å². The number of rotatable bonds is 4. The molecule has 108 valence electrons. The van der Waals surface area contributed by atoms with Crippen LogP contribution in [0.25, 0.3) is 5.65 Å². The molecule has 1 N–H and O–H groups in total.